The summed E-state index contributed by atoms with van der Waals surface area (Å²) in [5.74, 6) is -1.43. The number of carboxylic acid groups (broad SMARTS) is 1. The van der Waals surface area contributed by atoms with E-state index in [9.17, 15) is 9.59 Å². The molecule has 80 valence electrons. The highest BCUT2D eigenvalue weighted by atomic mass is 16.5. The first-order chi connectivity index (χ1) is 6.43. The second-order valence-corrected chi connectivity index (χ2v) is 3.98. The van der Waals surface area contributed by atoms with Gasteiger partial charge in [0.15, 0.2) is 0 Å². The lowest BCUT2D eigenvalue weighted by molar-refractivity contribution is -0.152. The highest BCUT2D eigenvalue weighted by Crippen LogP contribution is 2.19. The van der Waals surface area contributed by atoms with Crippen molar-refractivity contribution in [3.05, 3.63) is 0 Å². The maximum absolute atomic E-state index is 11.5. The van der Waals surface area contributed by atoms with Crippen LogP contribution >= 0.6 is 0 Å². The average Bonchev–Trinajstić information content (AvgIpc) is 2.01. The third-order valence-electron chi connectivity index (χ3n) is 2.25. The zero-order chi connectivity index (χ0) is 10.8. The van der Waals surface area contributed by atoms with E-state index in [4.69, 9.17) is 9.84 Å². The molecule has 14 heavy (non-hydrogen) atoms. The lowest BCUT2D eigenvalue weighted by Crippen LogP contribution is -2.55. The van der Waals surface area contributed by atoms with Crippen LogP contribution in [0.5, 0.6) is 0 Å². The molecule has 0 aromatic carbocycles. The number of carbonyl (C=O) groups excluding carboxylic acids is 1. The van der Waals surface area contributed by atoms with E-state index < -0.39 is 17.9 Å². The van der Waals surface area contributed by atoms with Crippen LogP contribution < -0.4 is 0 Å². The lowest BCUT2D eigenvalue weighted by atomic mass is 10.0. The first kappa shape index (κ1) is 11.0. The molecule has 5 nitrogen and oxygen atoms in total. The fourth-order valence-electron chi connectivity index (χ4n) is 1.55. The highest BCUT2D eigenvalue weighted by Gasteiger charge is 2.34. The van der Waals surface area contributed by atoms with E-state index in [0.717, 1.165) is 0 Å². The van der Waals surface area contributed by atoms with Crippen molar-refractivity contribution >= 4 is 11.9 Å². The number of hydrogen-bond donors (Lipinski definition) is 1. The van der Waals surface area contributed by atoms with E-state index in [1.54, 1.807) is 4.90 Å². The summed E-state index contributed by atoms with van der Waals surface area (Å²) in [4.78, 5) is 23.5. The van der Waals surface area contributed by atoms with Crippen LogP contribution in [0.3, 0.4) is 0 Å². The normalized spacial score (nSPS) is 20.6. The number of nitrogens with zero attached hydrogens (tertiary/aromatic N) is 1. The first-order valence-corrected chi connectivity index (χ1v) is 4.53. The fourth-order valence-corrected chi connectivity index (χ4v) is 1.55. The predicted molar refractivity (Wildman–Crippen MR) is 48.9 cm³/mol. The quantitative estimate of drug-likeness (QED) is 0.643. The van der Waals surface area contributed by atoms with Gasteiger partial charge in [0, 0.05) is 6.54 Å². The Bertz CT molecular complexity index is 249. The molecule has 0 saturated carbocycles. The van der Waals surface area contributed by atoms with Crippen LogP contribution in [0, 0.1) is 0 Å². The largest absolute Gasteiger partial charge is 0.481 e. The van der Waals surface area contributed by atoms with Crippen molar-refractivity contribution in [2.24, 2.45) is 0 Å². The number of aliphatic carboxylic acids is 1. The van der Waals surface area contributed by atoms with E-state index in [2.05, 4.69) is 0 Å². The van der Waals surface area contributed by atoms with E-state index in [1.807, 2.05) is 13.8 Å². The van der Waals surface area contributed by atoms with Crippen molar-refractivity contribution in [1.29, 1.82) is 0 Å². The molecule has 1 aliphatic rings. The molecule has 0 aliphatic carbocycles. The second kappa shape index (κ2) is 3.96. The molecular formula is C9H15NO4. The summed E-state index contributed by atoms with van der Waals surface area (Å²) >= 11 is 0. The van der Waals surface area contributed by atoms with E-state index >= 15 is 0 Å². The van der Waals surface area contributed by atoms with Gasteiger partial charge in [-0.15, -0.1) is 0 Å². The van der Waals surface area contributed by atoms with Crippen LogP contribution in [0.15, 0.2) is 0 Å². The van der Waals surface area contributed by atoms with Gasteiger partial charge in [-0.05, 0) is 13.8 Å². The summed E-state index contributed by atoms with van der Waals surface area (Å²) in [6.45, 7) is 5.14. The number of carboxylic acids is 1. The standard InChI is InChI=1S/C9H15NO4/c1-9(2)6-14-4-3-10(9)7(11)5-8(12)13/h3-6H2,1-2H3,(H,12,13). The monoisotopic (exact) mass is 201 g/mol. The zero-order valence-electron chi connectivity index (χ0n) is 8.45. The molecule has 0 aromatic rings. The van der Waals surface area contributed by atoms with E-state index in [0.29, 0.717) is 19.8 Å². The van der Waals surface area contributed by atoms with Crippen LogP contribution in [0.4, 0.5) is 0 Å². The summed E-state index contributed by atoms with van der Waals surface area (Å²) in [6.07, 6.45) is -0.441. The minimum atomic E-state index is -1.09. The Kier molecular flexibility index (Phi) is 3.10. The van der Waals surface area contributed by atoms with Crippen LogP contribution in [-0.2, 0) is 14.3 Å². The third kappa shape index (κ3) is 2.45. The Hall–Kier alpha value is -1.10. The van der Waals surface area contributed by atoms with Crippen molar-refractivity contribution in [3.8, 4) is 0 Å². The summed E-state index contributed by atoms with van der Waals surface area (Å²) in [6, 6.07) is 0. The Morgan fingerprint density at radius 3 is 2.64 bits per heavy atom. The molecule has 1 amide bonds. The van der Waals surface area contributed by atoms with Crippen LogP contribution in [0.1, 0.15) is 20.3 Å². The molecule has 1 rings (SSSR count). The number of amides is 1. The second-order valence-electron chi connectivity index (χ2n) is 3.98. The predicted octanol–water partition coefficient (Wildman–Crippen LogP) is 0.0985. The first-order valence-electron chi connectivity index (χ1n) is 4.53. The van der Waals surface area contributed by atoms with Gasteiger partial charge in [0.1, 0.15) is 6.42 Å². The van der Waals surface area contributed by atoms with E-state index in [-0.39, 0.29) is 5.91 Å². The average molecular weight is 201 g/mol. The summed E-state index contributed by atoms with van der Waals surface area (Å²) in [5, 5.41) is 8.51. The lowest BCUT2D eigenvalue weighted by Gasteiger charge is -2.41. The van der Waals surface area contributed by atoms with Crippen molar-refractivity contribution in [2.45, 2.75) is 25.8 Å². The Morgan fingerprint density at radius 1 is 1.50 bits per heavy atom. The summed E-state index contributed by atoms with van der Waals surface area (Å²) < 4.78 is 5.23. The highest BCUT2D eigenvalue weighted by molar-refractivity contribution is 5.93. The molecule has 0 atom stereocenters. The molecule has 1 aliphatic heterocycles. The van der Waals surface area contributed by atoms with Gasteiger partial charge < -0.3 is 14.7 Å². The molecule has 1 heterocycles. The van der Waals surface area contributed by atoms with Gasteiger partial charge in [-0.3, -0.25) is 9.59 Å². The maximum atomic E-state index is 11.5. The van der Waals surface area contributed by atoms with E-state index in [1.165, 1.54) is 0 Å². The maximum Gasteiger partial charge on any atom is 0.312 e. The summed E-state index contributed by atoms with van der Waals surface area (Å²) in [7, 11) is 0. The minimum absolute atomic E-state index is 0.342. The van der Waals surface area contributed by atoms with Gasteiger partial charge in [-0.25, -0.2) is 0 Å². The number of ether oxygens (including phenoxy) is 1. The van der Waals surface area contributed by atoms with Crippen LogP contribution in [0.25, 0.3) is 0 Å². The molecule has 0 spiro atoms. The Morgan fingerprint density at radius 2 is 2.14 bits per heavy atom. The van der Waals surface area contributed by atoms with Gasteiger partial charge >= 0.3 is 5.97 Å². The SMILES string of the molecule is CC1(C)COCCN1C(=O)CC(=O)O. The molecule has 0 unspecified atom stereocenters. The molecular weight excluding hydrogens is 186 g/mol. The van der Waals surface area contributed by atoms with Gasteiger partial charge in [-0.1, -0.05) is 0 Å². The number of hydrogen-bond acceptors (Lipinski definition) is 3. The number of carbonyl (C=O) groups is 2. The smallest absolute Gasteiger partial charge is 0.312 e. The molecule has 0 radical (unpaired) electrons. The van der Waals surface area contributed by atoms with Gasteiger partial charge in [-0.2, -0.15) is 0 Å². The molecule has 5 heteroatoms. The van der Waals surface area contributed by atoms with Crippen molar-refractivity contribution in [2.75, 3.05) is 19.8 Å². The third-order valence-corrected chi connectivity index (χ3v) is 2.25. The zero-order valence-corrected chi connectivity index (χ0v) is 8.45. The molecule has 0 aromatic heterocycles. The Labute approximate surface area is 82.6 Å². The minimum Gasteiger partial charge on any atom is -0.481 e. The molecule has 1 fully saturated rings. The molecule has 1 saturated heterocycles. The molecule has 1 N–H and O–H groups in total. The van der Waals surface area contributed by atoms with Crippen molar-refractivity contribution < 1.29 is 19.4 Å². The Balaban J connectivity index is 2.64. The fraction of sp³-hybridized carbons (Fsp3) is 0.778. The van der Waals surface area contributed by atoms with Crippen molar-refractivity contribution in [3.63, 3.8) is 0 Å². The summed E-state index contributed by atoms with van der Waals surface area (Å²) in [5.41, 5.74) is -0.398. The molecule has 0 bridgehead atoms. The van der Waals surface area contributed by atoms with Crippen LogP contribution in [0.2, 0.25) is 0 Å². The number of morpholine rings is 1. The van der Waals surface area contributed by atoms with Gasteiger partial charge in [0.2, 0.25) is 5.91 Å². The van der Waals surface area contributed by atoms with Gasteiger partial charge in [0.05, 0.1) is 18.8 Å². The van der Waals surface area contributed by atoms with Gasteiger partial charge in [0.25, 0.3) is 0 Å². The van der Waals surface area contributed by atoms with Crippen molar-refractivity contribution in [1.82, 2.24) is 4.90 Å². The van der Waals surface area contributed by atoms with Crippen LogP contribution in [-0.4, -0.2) is 47.2 Å². The topological polar surface area (TPSA) is 66.8 Å². The number of rotatable bonds is 2.